The van der Waals surface area contributed by atoms with Crippen molar-refractivity contribution in [2.24, 2.45) is 0 Å². The summed E-state index contributed by atoms with van der Waals surface area (Å²) in [4.78, 5) is 29.1. The van der Waals surface area contributed by atoms with Gasteiger partial charge in [-0.1, -0.05) is 5.16 Å². The van der Waals surface area contributed by atoms with E-state index in [4.69, 9.17) is 9.26 Å². The van der Waals surface area contributed by atoms with Gasteiger partial charge in [-0.25, -0.2) is 14.8 Å². The molecule has 2 amide bonds. The van der Waals surface area contributed by atoms with E-state index in [0.29, 0.717) is 56.9 Å². The summed E-state index contributed by atoms with van der Waals surface area (Å²) in [6, 6.07) is 1.27. The van der Waals surface area contributed by atoms with Crippen LogP contribution in [0.5, 0.6) is 0 Å². The fourth-order valence-electron chi connectivity index (χ4n) is 2.64. The lowest BCUT2D eigenvalue weighted by atomic mass is 10.3. The van der Waals surface area contributed by atoms with E-state index in [1.165, 1.54) is 0 Å². The third kappa shape index (κ3) is 4.45. The van der Waals surface area contributed by atoms with E-state index in [1.807, 2.05) is 6.92 Å². The van der Waals surface area contributed by atoms with Crippen LogP contribution in [-0.4, -0.2) is 70.9 Å². The van der Waals surface area contributed by atoms with Crippen LogP contribution in [0, 0.1) is 0 Å². The summed E-state index contributed by atoms with van der Waals surface area (Å²) in [5.74, 6) is 1.65. The Bertz CT molecular complexity index is 701. The minimum absolute atomic E-state index is 0.150. The average molecular weight is 361 g/mol. The highest BCUT2D eigenvalue weighted by Gasteiger charge is 2.25. The Hall–Kier alpha value is -2.75. The quantitative estimate of drug-likeness (QED) is 0.798. The number of anilines is 1. The summed E-state index contributed by atoms with van der Waals surface area (Å²) in [7, 11) is 1.62. The van der Waals surface area contributed by atoms with Gasteiger partial charge in [-0.05, 0) is 13.0 Å². The maximum Gasteiger partial charge on any atom is 0.318 e. The van der Waals surface area contributed by atoms with Gasteiger partial charge in [0.25, 0.3) is 0 Å². The van der Waals surface area contributed by atoms with E-state index >= 15 is 0 Å². The van der Waals surface area contributed by atoms with Gasteiger partial charge in [0.2, 0.25) is 11.8 Å². The van der Waals surface area contributed by atoms with Gasteiger partial charge in [-0.15, -0.1) is 0 Å². The number of rotatable bonds is 6. The molecule has 140 valence electrons. The van der Waals surface area contributed by atoms with Crippen LogP contribution >= 0.6 is 0 Å². The van der Waals surface area contributed by atoms with Crippen molar-refractivity contribution >= 4 is 12.0 Å². The van der Waals surface area contributed by atoms with Crippen molar-refractivity contribution in [2.75, 3.05) is 44.8 Å². The molecule has 2 aromatic rings. The van der Waals surface area contributed by atoms with Gasteiger partial charge >= 0.3 is 6.03 Å². The van der Waals surface area contributed by atoms with Gasteiger partial charge in [0, 0.05) is 52.1 Å². The Balaban J connectivity index is 1.48. The average Bonchev–Trinajstić information content (AvgIpc) is 3.16. The number of methoxy groups -OCH3 is 1. The molecular weight excluding hydrogens is 338 g/mol. The van der Waals surface area contributed by atoms with Crippen LogP contribution in [0.15, 0.2) is 23.0 Å². The van der Waals surface area contributed by atoms with Crippen molar-refractivity contribution < 1.29 is 14.1 Å². The first-order chi connectivity index (χ1) is 12.7. The molecule has 0 bridgehead atoms. The zero-order valence-corrected chi connectivity index (χ0v) is 15.0. The maximum absolute atomic E-state index is 12.5. The lowest BCUT2D eigenvalue weighted by Gasteiger charge is -2.34. The van der Waals surface area contributed by atoms with Crippen molar-refractivity contribution in [3.63, 3.8) is 0 Å². The number of hydrogen-bond donors (Lipinski definition) is 1. The van der Waals surface area contributed by atoms with Crippen LogP contribution in [0.25, 0.3) is 0 Å². The first-order valence-corrected chi connectivity index (χ1v) is 8.56. The van der Waals surface area contributed by atoms with E-state index in [1.54, 1.807) is 30.5 Å². The SMILES string of the molecule is COCCc1noc(C(C)NC(=O)N2CCN(c3ncccn3)CC2)n1. The second kappa shape index (κ2) is 8.56. The molecule has 10 heteroatoms. The molecule has 1 N–H and O–H groups in total. The first-order valence-electron chi connectivity index (χ1n) is 8.56. The van der Waals surface area contributed by atoms with Gasteiger partial charge in [0.1, 0.15) is 6.04 Å². The molecule has 1 aliphatic rings. The van der Waals surface area contributed by atoms with Crippen molar-refractivity contribution in [2.45, 2.75) is 19.4 Å². The van der Waals surface area contributed by atoms with E-state index in [-0.39, 0.29) is 12.1 Å². The third-order valence-corrected chi connectivity index (χ3v) is 4.13. The lowest BCUT2D eigenvalue weighted by molar-refractivity contribution is 0.188. The van der Waals surface area contributed by atoms with Crippen LogP contribution < -0.4 is 10.2 Å². The molecule has 1 unspecified atom stereocenters. The van der Waals surface area contributed by atoms with Crippen LogP contribution in [0.3, 0.4) is 0 Å². The van der Waals surface area contributed by atoms with Gasteiger partial charge in [-0.3, -0.25) is 0 Å². The molecule has 0 saturated carbocycles. The highest BCUT2D eigenvalue weighted by atomic mass is 16.5. The summed E-state index contributed by atoms with van der Waals surface area (Å²) in [5, 5.41) is 6.79. The molecule has 1 atom stereocenters. The molecule has 1 aliphatic heterocycles. The summed E-state index contributed by atoms with van der Waals surface area (Å²) >= 11 is 0. The summed E-state index contributed by atoms with van der Waals surface area (Å²) in [6.07, 6.45) is 4.01. The topological polar surface area (TPSA) is 110 Å². The molecule has 0 radical (unpaired) electrons. The number of urea groups is 1. The molecule has 0 aromatic carbocycles. The van der Waals surface area contributed by atoms with E-state index in [2.05, 4.69) is 30.3 Å². The number of carbonyl (C=O) groups excluding carboxylic acids is 1. The zero-order chi connectivity index (χ0) is 18.4. The van der Waals surface area contributed by atoms with Crippen LogP contribution in [-0.2, 0) is 11.2 Å². The second-order valence-electron chi connectivity index (χ2n) is 5.99. The smallest absolute Gasteiger partial charge is 0.318 e. The molecular formula is C16H23N7O3. The minimum atomic E-state index is -0.359. The van der Waals surface area contributed by atoms with Gasteiger partial charge in [0.05, 0.1) is 6.61 Å². The van der Waals surface area contributed by atoms with E-state index in [0.717, 1.165) is 0 Å². The molecule has 0 aliphatic carbocycles. The number of ether oxygens (including phenoxy) is 1. The standard InChI is InChI=1S/C16H23N7O3/c1-12(14-20-13(21-26-14)4-11-25-2)19-16(24)23-9-7-22(8-10-23)15-17-5-3-6-18-15/h3,5-6,12H,4,7-11H2,1-2H3,(H,19,24). The minimum Gasteiger partial charge on any atom is -0.384 e. The predicted molar refractivity (Wildman–Crippen MR) is 92.6 cm³/mol. The van der Waals surface area contributed by atoms with Crippen molar-refractivity contribution in [3.05, 3.63) is 30.2 Å². The van der Waals surface area contributed by atoms with Gasteiger partial charge < -0.3 is 24.4 Å². The molecule has 1 fully saturated rings. The molecule has 26 heavy (non-hydrogen) atoms. The Kier molecular flexibility index (Phi) is 5.95. The number of nitrogens with zero attached hydrogens (tertiary/aromatic N) is 6. The monoisotopic (exact) mass is 361 g/mol. The Morgan fingerprint density at radius 3 is 2.73 bits per heavy atom. The van der Waals surface area contributed by atoms with Crippen LogP contribution in [0.2, 0.25) is 0 Å². The van der Waals surface area contributed by atoms with Crippen LogP contribution in [0.1, 0.15) is 24.7 Å². The lowest BCUT2D eigenvalue weighted by Crippen LogP contribution is -2.52. The fourth-order valence-corrected chi connectivity index (χ4v) is 2.64. The number of nitrogens with one attached hydrogen (secondary N) is 1. The summed E-state index contributed by atoms with van der Waals surface area (Å²) in [5.41, 5.74) is 0. The van der Waals surface area contributed by atoms with Crippen molar-refractivity contribution in [1.29, 1.82) is 0 Å². The first kappa shape index (κ1) is 18.1. The van der Waals surface area contributed by atoms with Gasteiger partial charge in [0.15, 0.2) is 5.82 Å². The number of piperazine rings is 1. The number of aromatic nitrogens is 4. The maximum atomic E-state index is 12.5. The number of carbonyl (C=O) groups is 1. The third-order valence-electron chi connectivity index (χ3n) is 4.13. The number of amides is 2. The predicted octanol–water partition coefficient (Wildman–Crippen LogP) is 0.641. The largest absolute Gasteiger partial charge is 0.384 e. The summed E-state index contributed by atoms with van der Waals surface area (Å²) < 4.78 is 10.2. The Labute approximate surface area is 151 Å². The Morgan fingerprint density at radius 2 is 2.04 bits per heavy atom. The molecule has 10 nitrogen and oxygen atoms in total. The summed E-state index contributed by atoms with van der Waals surface area (Å²) in [6.45, 7) is 4.91. The molecule has 0 spiro atoms. The highest BCUT2D eigenvalue weighted by Crippen LogP contribution is 2.13. The fraction of sp³-hybridized carbons (Fsp3) is 0.562. The van der Waals surface area contributed by atoms with E-state index in [9.17, 15) is 4.79 Å². The van der Waals surface area contributed by atoms with Crippen molar-refractivity contribution in [1.82, 2.24) is 30.3 Å². The molecule has 3 rings (SSSR count). The zero-order valence-electron chi connectivity index (χ0n) is 15.0. The van der Waals surface area contributed by atoms with E-state index < -0.39 is 0 Å². The molecule has 1 saturated heterocycles. The highest BCUT2D eigenvalue weighted by molar-refractivity contribution is 5.74. The number of hydrogen-bond acceptors (Lipinski definition) is 8. The van der Waals surface area contributed by atoms with Gasteiger partial charge in [-0.2, -0.15) is 4.98 Å². The Morgan fingerprint density at radius 1 is 1.31 bits per heavy atom. The molecule has 2 aromatic heterocycles. The van der Waals surface area contributed by atoms with Crippen molar-refractivity contribution in [3.8, 4) is 0 Å². The van der Waals surface area contributed by atoms with Crippen LogP contribution in [0.4, 0.5) is 10.7 Å². The second-order valence-corrected chi connectivity index (χ2v) is 5.99. The normalized spacial score (nSPS) is 15.8. The molecule has 3 heterocycles.